The third kappa shape index (κ3) is 3.26. The minimum absolute atomic E-state index is 0.0921. The molecule has 104 valence electrons. The van der Waals surface area contributed by atoms with Gasteiger partial charge >= 0.3 is 6.03 Å². The Morgan fingerprint density at radius 2 is 2.37 bits per heavy atom. The van der Waals surface area contributed by atoms with Gasteiger partial charge in [0.2, 0.25) is 5.91 Å². The van der Waals surface area contributed by atoms with Crippen molar-refractivity contribution in [1.29, 1.82) is 0 Å². The first-order valence-corrected chi connectivity index (χ1v) is 7.34. The van der Waals surface area contributed by atoms with E-state index in [9.17, 15) is 9.59 Å². The first-order chi connectivity index (χ1) is 9.09. The highest BCUT2D eigenvalue weighted by Crippen LogP contribution is 2.17. The van der Waals surface area contributed by atoms with Crippen molar-refractivity contribution >= 4 is 23.3 Å². The van der Waals surface area contributed by atoms with Gasteiger partial charge in [0.25, 0.3) is 0 Å². The van der Waals surface area contributed by atoms with Crippen molar-refractivity contribution in [2.45, 2.75) is 32.2 Å². The van der Waals surface area contributed by atoms with E-state index in [1.165, 1.54) is 15.3 Å². The number of primary amides is 1. The topological polar surface area (TPSA) is 75.4 Å². The molecule has 2 heterocycles. The van der Waals surface area contributed by atoms with E-state index in [-0.39, 0.29) is 11.9 Å². The Labute approximate surface area is 116 Å². The molecule has 0 spiro atoms. The number of hydrogen-bond acceptors (Lipinski definition) is 3. The van der Waals surface area contributed by atoms with Crippen LogP contribution < -0.4 is 11.1 Å². The fourth-order valence-electron chi connectivity index (χ4n) is 2.38. The Morgan fingerprint density at radius 3 is 3.00 bits per heavy atom. The maximum absolute atomic E-state index is 12.0. The van der Waals surface area contributed by atoms with Crippen molar-refractivity contribution in [2.24, 2.45) is 5.73 Å². The number of aryl methyl sites for hydroxylation is 1. The van der Waals surface area contributed by atoms with Crippen molar-refractivity contribution in [3.63, 3.8) is 0 Å². The second-order valence-electron chi connectivity index (χ2n) is 4.76. The molecule has 1 fully saturated rings. The van der Waals surface area contributed by atoms with Gasteiger partial charge in [0.1, 0.15) is 6.04 Å². The molecule has 1 aromatic rings. The van der Waals surface area contributed by atoms with Crippen molar-refractivity contribution in [3.05, 3.63) is 21.9 Å². The SMILES string of the molecule is Cc1ccsc1CCNC(=O)C1CCCN1C(N)=O. The van der Waals surface area contributed by atoms with E-state index in [1.807, 2.05) is 0 Å². The minimum Gasteiger partial charge on any atom is -0.354 e. The summed E-state index contributed by atoms with van der Waals surface area (Å²) in [5.74, 6) is -0.0921. The molecule has 0 aromatic carbocycles. The molecule has 0 aliphatic carbocycles. The molecule has 2 rings (SSSR count). The Hall–Kier alpha value is -1.56. The lowest BCUT2D eigenvalue weighted by Crippen LogP contribution is -2.48. The van der Waals surface area contributed by atoms with E-state index in [4.69, 9.17) is 5.73 Å². The maximum atomic E-state index is 12.0. The summed E-state index contributed by atoms with van der Waals surface area (Å²) in [6, 6.07) is 1.18. The number of rotatable bonds is 4. The molecule has 1 atom stereocenters. The van der Waals surface area contributed by atoms with Crippen LogP contribution in [0.5, 0.6) is 0 Å². The van der Waals surface area contributed by atoms with Gasteiger partial charge < -0.3 is 16.0 Å². The fourth-order valence-corrected chi connectivity index (χ4v) is 3.29. The molecule has 1 saturated heterocycles. The number of nitrogens with two attached hydrogens (primary N) is 1. The predicted octanol–water partition coefficient (Wildman–Crippen LogP) is 1.26. The second-order valence-corrected chi connectivity index (χ2v) is 5.76. The van der Waals surface area contributed by atoms with Crippen LogP contribution in [0.3, 0.4) is 0 Å². The van der Waals surface area contributed by atoms with Gasteiger partial charge in [0.15, 0.2) is 0 Å². The van der Waals surface area contributed by atoms with Crippen LogP contribution in [0.1, 0.15) is 23.3 Å². The first-order valence-electron chi connectivity index (χ1n) is 6.46. The number of hydrogen-bond donors (Lipinski definition) is 2. The zero-order chi connectivity index (χ0) is 13.8. The number of carbonyl (C=O) groups is 2. The van der Waals surface area contributed by atoms with E-state index < -0.39 is 6.03 Å². The summed E-state index contributed by atoms with van der Waals surface area (Å²) in [7, 11) is 0. The highest BCUT2D eigenvalue weighted by Gasteiger charge is 2.32. The molecule has 19 heavy (non-hydrogen) atoms. The molecule has 0 radical (unpaired) electrons. The normalized spacial score (nSPS) is 18.6. The summed E-state index contributed by atoms with van der Waals surface area (Å²) in [6.07, 6.45) is 2.37. The van der Waals surface area contributed by atoms with Crippen molar-refractivity contribution < 1.29 is 9.59 Å². The number of urea groups is 1. The van der Waals surface area contributed by atoms with Gasteiger partial charge in [0.05, 0.1) is 0 Å². The molecular weight excluding hydrogens is 262 g/mol. The average Bonchev–Trinajstić information content (AvgIpc) is 2.98. The van der Waals surface area contributed by atoms with E-state index in [2.05, 4.69) is 23.7 Å². The molecule has 1 aliphatic heterocycles. The molecule has 6 heteroatoms. The lowest BCUT2D eigenvalue weighted by Gasteiger charge is -2.21. The van der Waals surface area contributed by atoms with E-state index in [0.29, 0.717) is 19.5 Å². The highest BCUT2D eigenvalue weighted by molar-refractivity contribution is 7.10. The molecule has 3 amide bonds. The third-order valence-corrected chi connectivity index (χ3v) is 4.54. The lowest BCUT2D eigenvalue weighted by atomic mass is 10.2. The lowest BCUT2D eigenvalue weighted by molar-refractivity contribution is -0.124. The van der Waals surface area contributed by atoms with Crippen LogP contribution in [-0.4, -0.2) is 36.0 Å². The molecule has 0 saturated carbocycles. The van der Waals surface area contributed by atoms with Gasteiger partial charge in [-0.2, -0.15) is 0 Å². The second kappa shape index (κ2) is 6.06. The largest absolute Gasteiger partial charge is 0.354 e. The summed E-state index contributed by atoms with van der Waals surface area (Å²) < 4.78 is 0. The number of carbonyl (C=O) groups excluding carboxylic acids is 2. The van der Waals surface area contributed by atoms with Gasteiger partial charge in [-0.05, 0) is 43.2 Å². The fraction of sp³-hybridized carbons (Fsp3) is 0.538. The third-order valence-electron chi connectivity index (χ3n) is 3.46. The summed E-state index contributed by atoms with van der Waals surface area (Å²) >= 11 is 1.70. The van der Waals surface area contributed by atoms with Crippen molar-refractivity contribution in [1.82, 2.24) is 10.2 Å². The first kappa shape index (κ1) is 13.9. The summed E-state index contributed by atoms with van der Waals surface area (Å²) in [5, 5.41) is 4.95. The van der Waals surface area contributed by atoms with Crippen LogP contribution in [0.2, 0.25) is 0 Å². The van der Waals surface area contributed by atoms with Gasteiger partial charge in [-0.25, -0.2) is 4.79 Å². The Morgan fingerprint density at radius 1 is 1.58 bits per heavy atom. The van der Waals surface area contributed by atoms with Gasteiger partial charge in [-0.1, -0.05) is 0 Å². The molecule has 1 aliphatic rings. The number of thiophene rings is 1. The van der Waals surface area contributed by atoms with Crippen LogP contribution in [0.4, 0.5) is 4.79 Å². The van der Waals surface area contributed by atoms with Crippen molar-refractivity contribution in [3.8, 4) is 0 Å². The molecule has 0 bridgehead atoms. The van der Waals surface area contributed by atoms with Crippen LogP contribution in [0, 0.1) is 6.92 Å². The van der Waals surface area contributed by atoms with Gasteiger partial charge in [-0.15, -0.1) is 11.3 Å². The zero-order valence-electron chi connectivity index (χ0n) is 11.0. The Bertz CT molecular complexity index is 472. The standard InChI is InChI=1S/C13H19N3O2S/c1-9-5-8-19-11(9)4-6-15-12(17)10-3-2-7-16(10)13(14)18/h5,8,10H,2-4,6-7H2,1H3,(H2,14,18)(H,15,17). The molecule has 1 aromatic heterocycles. The van der Waals surface area contributed by atoms with Crippen LogP contribution in [0.25, 0.3) is 0 Å². The molecular formula is C13H19N3O2S. The van der Waals surface area contributed by atoms with Crippen LogP contribution >= 0.6 is 11.3 Å². The Kier molecular flexibility index (Phi) is 4.42. The van der Waals surface area contributed by atoms with Gasteiger partial charge in [0, 0.05) is 18.0 Å². The molecule has 3 N–H and O–H groups in total. The number of nitrogens with one attached hydrogen (secondary N) is 1. The predicted molar refractivity (Wildman–Crippen MR) is 75.1 cm³/mol. The highest BCUT2D eigenvalue weighted by atomic mass is 32.1. The monoisotopic (exact) mass is 281 g/mol. The van der Waals surface area contributed by atoms with Crippen molar-refractivity contribution in [2.75, 3.05) is 13.1 Å². The van der Waals surface area contributed by atoms with E-state index in [1.54, 1.807) is 11.3 Å². The smallest absolute Gasteiger partial charge is 0.315 e. The number of nitrogens with zero attached hydrogens (tertiary/aromatic N) is 1. The van der Waals surface area contributed by atoms with Crippen LogP contribution in [0.15, 0.2) is 11.4 Å². The summed E-state index contributed by atoms with van der Waals surface area (Å²) in [4.78, 5) is 25.9. The quantitative estimate of drug-likeness (QED) is 0.871. The number of amides is 3. The summed E-state index contributed by atoms with van der Waals surface area (Å²) in [5.41, 5.74) is 6.52. The zero-order valence-corrected chi connectivity index (χ0v) is 11.8. The van der Waals surface area contributed by atoms with E-state index in [0.717, 1.165) is 12.8 Å². The average molecular weight is 281 g/mol. The van der Waals surface area contributed by atoms with Gasteiger partial charge in [-0.3, -0.25) is 4.79 Å². The summed E-state index contributed by atoms with van der Waals surface area (Å²) in [6.45, 7) is 3.25. The number of likely N-dealkylation sites (tertiary alicyclic amines) is 1. The molecule has 1 unspecified atom stereocenters. The maximum Gasteiger partial charge on any atom is 0.315 e. The van der Waals surface area contributed by atoms with Crippen LogP contribution in [-0.2, 0) is 11.2 Å². The minimum atomic E-state index is -0.508. The van der Waals surface area contributed by atoms with E-state index >= 15 is 0 Å². The molecule has 5 nitrogen and oxygen atoms in total. The Balaban J connectivity index is 1.81.